The molecule has 4 N–H and O–H groups in total. The zero-order valence-electron chi connectivity index (χ0n) is 40.3. The van der Waals surface area contributed by atoms with Crippen molar-refractivity contribution in [2.75, 3.05) is 67.6 Å². The summed E-state index contributed by atoms with van der Waals surface area (Å²) >= 11 is 0. The second-order valence-corrected chi connectivity index (χ2v) is 15.7. The van der Waals surface area contributed by atoms with Gasteiger partial charge in [0.25, 0.3) is 0 Å². The molecule has 5 aromatic rings. The van der Waals surface area contributed by atoms with Gasteiger partial charge in [-0.3, -0.25) is 0 Å². The number of aromatic hydroxyl groups is 1. The lowest BCUT2D eigenvalue weighted by atomic mass is 10.1. The quantitative estimate of drug-likeness (QED) is 0.0319. The minimum atomic E-state index is 0.265. The van der Waals surface area contributed by atoms with Gasteiger partial charge in [0.05, 0.1) is 44.5 Å². The maximum Gasteiger partial charge on any atom is 0.213 e. The van der Waals surface area contributed by atoms with Crippen LogP contribution in [0.1, 0.15) is 96.3 Å². The summed E-state index contributed by atoms with van der Waals surface area (Å²) in [6.45, 7) is 8.69. The van der Waals surface area contributed by atoms with Crippen molar-refractivity contribution in [2.45, 2.75) is 105 Å². The Hall–Kier alpha value is -5.51. The van der Waals surface area contributed by atoms with Crippen LogP contribution in [0.5, 0.6) is 29.0 Å². The SMILES string of the molecule is COCOCCc1nc(N)cc(C)c1OCc1ccccc1.COCOCCc1nc(OC)cc(C)c1OCc1ccccc1.COc1cc(C)c(O)c(CCCCCCCCCCO)n1. The van der Waals surface area contributed by atoms with Gasteiger partial charge < -0.3 is 53.8 Å². The normalized spacial score (nSPS) is 10.7. The highest BCUT2D eigenvalue weighted by molar-refractivity contribution is 5.45. The molecule has 0 unspecified atom stereocenters. The van der Waals surface area contributed by atoms with Crippen LogP contribution in [0.3, 0.4) is 0 Å². The van der Waals surface area contributed by atoms with Crippen LogP contribution in [-0.2, 0) is 51.4 Å². The summed E-state index contributed by atoms with van der Waals surface area (Å²) in [6, 6.07) is 25.5. The van der Waals surface area contributed by atoms with E-state index >= 15 is 0 Å². The molecule has 0 saturated carbocycles. The van der Waals surface area contributed by atoms with Gasteiger partial charge in [0, 0.05) is 45.8 Å². The molecule has 0 spiro atoms. The van der Waals surface area contributed by atoms with E-state index in [0.717, 1.165) is 88.5 Å². The number of rotatable bonds is 28. The Balaban J connectivity index is 0.000000263. The maximum absolute atomic E-state index is 10.0. The second kappa shape index (κ2) is 33.0. The molecule has 3 heterocycles. The fourth-order valence-electron chi connectivity index (χ4n) is 6.81. The number of nitrogen functional groups attached to an aromatic ring is 1. The molecule has 2 aromatic carbocycles. The summed E-state index contributed by atoms with van der Waals surface area (Å²) in [5.41, 5.74) is 13.2. The van der Waals surface area contributed by atoms with Gasteiger partial charge in [-0.25, -0.2) is 15.0 Å². The van der Waals surface area contributed by atoms with Crippen molar-refractivity contribution in [2.24, 2.45) is 0 Å². The molecule has 0 aliphatic heterocycles. The van der Waals surface area contributed by atoms with Gasteiger partial charge in [-0.2, -0.15) is 0 Å². The van der Waals surface area contributed by atoms with Gasteiger partial charge in [0.1, 0.15) is 49.9 Å². The van der Waals surface area contributed by atoms with Gasteiger partial charge in [-0.1, -0.05) is 99.2 Å². The zero-order valence-corrected chi connectivity index (χ0v) is 40.3. The second-order valence-electron chi connectivity index (χ2n) is 15.7. The van der Waals surface area contributed by atoms with Crippen molar-refractivity contribution in [3.63, 3.8) is 0 Å². The largest absolute Gasteiger partial charge is 0.506 e. The molecule has 66 heavy (non-hydrogen) atoms. The average molecular weight is 915 g/mol. The Bertz CT molecular complexity index is 2060. The Morgan fingerprint density at radius 1 is 0.515 bits per heavy atom. The number of nitrogens with two attached hydrogens (primary N) is 1. The number of aliphatic hydroxyl groups is 1. The third-order valence-electron chi connectivity index (χ3n) is 10.2. The summed E-state index contributed by atoms with van der Waals surface area (Å²) in [4.78, 5) is 13.2. The first-order valence-corrected chi connectivity index (χ1v) is 22.8. The van der Waals surface area contributed by atoms with E-state index in [1.54, 1.807) is 34.5 Å². The number of aliphatic hydroxyl groups excluding tert-OH is 1. The van der Waals surface area contributed by atoms with Crippen LogP contribution in [0.15, 0.2) is 78.9 Å². The van der Waals surface area contributed by atoms with Crippen molar-refractivity contribution in [1.82, 2.24) is 15.0 Å². The van der Waals surface area contributed by atoms with Crippen LogP contribution in [0, 0.1) is 20.8 Å². The summed E-state index contributed by atoms with van der Waals surface area (Å²) in [6.07, 6.45) is 11.3. The number of aromatic nitrogens is 3. The van der Waals surface area contributed by atoms with Crippen LogP contribution in [0.2, 0.25) is 0 Å². The first-order valence-electron chi connectivity index (χ1n) is 22.8. The summed E-state index contributed by atoms with van der Waals surface area (Å²) in [7, 11) is 6.40. The molecule has 0 amide bonds. The number of aryl methyl sites for hydroxylation is 4. The predicted molar refractivity (Wildman–Crippen MR) is 258 cm³/mol. The minimum absolute atomic E-state index is 0.265. The van der Waals surface area contributed by atoms with Gasteiger partial charge in [0.2, 0.25) is 11.8 Å². The van der Waals surface area contributed by atoms with Crippen LogP contribution >= 0.6 is 0 Å². The highest BCUT2D eigenvalue weighted by Crippen LogP contribution is 2.29. The van der Waals surface area contributed by atoms with Crippen molar-refractivity contribution in [1.29, 1.82) is 0 Å². The smallest absolute Gasteiger partial charge is 0.213 e. The molecular formula is C52H74N4O10. The Labute approximate surface area is 392 Å². The molecule has 14 nitrogen and oxygen atoms in total. The van der Waals surface area contributed by atoms with E-state index in [4.69, 9.17) is 48.7 Å². The van der Waals surface area contributed by atoms with Gasteiger partial charge in [-0.15, -0.1) is 0 Å². The number of anilines is 1. The molecule has 0 aliphatic carbocycles. The van der Waals surface area contributed by atoms with Crippen LogP contribution in [-0.4, -0.2) is 87.0 Å². The standard InChI is InChI=1S/C18H23NO4.C17H22N2O3.C17H29NO3/c1-14-11-17(21-3)19-16(9-10-22-13-20-2)18(14)23-12-15-7-5-4-6-8-15;1-13-10-16(18)19-15(8-9-21-12-20-2)17(13)22-11-14-6-4-3-5-7-14;1-14-13-16(21-2)18-15(17(14)20)11-9-7-5-3-4-6-8-10-12-19/h4-8,11H,9-10,12-13H2,1-3H3;3-7,10H,8-9,11-12H2,1-2H3,(H2,18,19);13,19-20H,3-12H2,1-2H3. The molecule has 0 saturated heterocycles. The van der Waals surface area contributed by atoms with E-state index in [9.17, 15) is 5.11 Å². The number of ether oxygens (including phenoxy) is 8. The van der Waals surface area contributed by atoms with Crippen LogP contribution in [0.4, 0.5) is 5.82 Å². The van der Waals surface area contributed by atoms with Crippen molar-refractivity contribution in [3.05, 3.63) is 124 Å². The molecule has 0 radical (unpaired) electrons. The van der Waals surface area contributed by atoms with E-state index in [1.807, 2.05) is 93.6 Å². The highest BCUT2D eigenvalue weighted by atomic mass is 16.7. The topological polar surface area (TPSA) is 179 Å². The molecule has 362 valence electrons. The van der Waals surface area contributed by atoms with Gasteiger partial charge >= 0.3 is 0 Å². The Morgan fingerprint density at radius 3 is 1.44 bits per heavy atom. The molecule has 3 aromatic heterocycles. The van der Waals surface area contributed by atoms with E-state index in [-0.39, 0.29) is 13.6 Å². The third-order valence-corrected chi connectivity index (χ3v) is 10.2. The molecule has 0 bridgehead atoms. The summed E-state index contributed by atoms with van der Waals surface area (Å²) < 4.78 is 42.8. The van der Waals surface area contributed by atoms with Crippen molar-refractivity contribution in [3.8, 4) is 29.0 Å². The number of nitrogens with zero attached hydrogens (tertiary/aromatic N) is 3. The van der Waals surface area contributed by atoms with Crippen LogP contribution < -0.4 is 24.7 Å². The monoisotopic (exact) mass is 915 g/mol. The lowest BCUT2D eigenvalue weighted by molar-refractivity contribution is -0.0296. The molecule has 14 heteroatoms. The number of pyridine rings is 3. The van der Waals surface area contributed by atoms with Crippen LogP contribution in [0.25, 0.3) is 0 Å². The molecule has 0 aliphatic rings. The molecule has 5 rings (SSSR count). The number of hydrogen-bond acceptors (Lipinski definition) is 14. The summed E-state index contributed by atoms with van der Waals surface area (Å²) in [5, 5.41) is 18.7. The zero-order chi connectivity index (χ0) is 47.8. The highest BCUT2D eigenvalue weighted by Gasteiger charge is 2.14. The van der Waals surface area contributed by atoms with E-state index < -0.39 is 0 Å². The molecule has 0 atom stereocenters. The maximum atomic E-state index is 10.0. The number of methoxy groups -OCH3 is 4. The summed E-state index contributed by atoms with van der Waals surface area (Å²) in [5.74, 6) is 3.52. The number of benzene rings is 2. The molecule has 0 fully saturated rings. The minimum Gasteiger partial charge on any atom is -0.506 e. The lowest BCUT2D eigenvalue weighted by Crippen LogP contribution is -2.08. The van der Waals surface area contributed by atoms with Gasteiger partial charge in [-0.05, 0) is 73.9 Å². The average Bonchev–Trinajstić information content (AvgIpc) is 3.32. The Kier molecular flexibility index (Phi) is 27.4. The lowest BCUT2D eigenvalue weighted by Gasteiger charge is -2.15. The third kappa shape index (κ3) is 21.2. The van der Waals surface area contributed by atoms with E-state index in [0.29, 0.717) is 69.2 Å². The van der Waals surface area contributed by atoms with Gasteiger partial charge in [0.15, 0.2) is 0 Å². The predicted octanol–water partition coefficient (Wildman–Crippen LogP) is 9.61. The first kappa shape index (κ1) is 54.8. The number of hydrogen-bond donors (Lipinski definition) is 3. The fourth-order valence-corrected chi connectivity index (χ4v) is 6.81. The molecular weight excluding hydrogens is 841 g/mol. The van der Waals surface area contributed by atoms with E-state index in [2.05, 4.69) is 15.0 Å². The van der Waals surface area contributed by atoms with Crippen molar-refractivity contribution >= 4 is 5.82 Å². The fraction of sp³-hybridized carbons (Fsp3) is 0.481. The number of unbranched alkanes of at least 4 members (excludes halogenated alkanes) is 7. The van der Waals surface area contributed by atoms with E-state index in [1.165, 1.54) is 25.7 Å². The Morgan fingerprint density at radius 2 is 0.955 bits per heavy atom. The van der Waals surface area contributed by atoms with Crippen molar-refractivity contribution < 1.29 is 48.1 Å². The first-order chi connectivity index (χ1) is 32.1.